The van der Waals surface area contributed by atoms with Gasteiger partial charge in [0.05, 0.1) is 18.8 Å². The molecule has 3 fully saturated rings. The number of allylic oxidation sites excluding steroid dienone is 1. The Labute approximate surface area is 371 Å². The van der Waals surface area contributed by atoms with Gasteiger partial charge in [-0.3, -0.25) is 4.79 Å². The van der Waals surface area contributed by atoms with Gasteiger partial charge in [0.1, 0.15) is 11.9 Å². The molecule has 0 amide bonds. The maximum Gasteiger partial charge on any atom is 0.338 e. The molecule has 0 bridgehead atoms. The minimum Gasteiger partial charge on any atom is -0.494 e. The fourth-order valence-corrected chi connectivity index (χ4v) is 12.8. The van der Waals surface area contributed by atoms with E-state index in [2.05, 4.69) is 59.8 Å². The average Bonchev–Trinajstić information content (AvgIpc) is 3.62. The lowest BCUT2D eigenvalue weighted by Gasteiger charge is -2.58. The van der Waals surface area contributed by atoms with Crippen LogP contribution in [-0.4, -0.2) is 31.3 Å². The second kappa shape index (κ2) is 23.0. The van der Waals surface area contributed by atoms with E-state index in [1.54, 1.807) is 5.57 Å². The molecule has 2 aromatic rings. The summed E-state index contributed by atoms with van der Waals surface area (Å²) in [5.74, 6) is 5.81. The van der Waals surface area contributed by atoms with E-state index >= 15 is 0 Å². The van der Waals surface area contributed by atoms with Crippen molar-refractivity contribution in [2.24, 2.45) is 46.3 Å². The number of carbonyl (C=O) groups excluding carboxylic acids is 2. The van der Waals surface area contributed by atoms with E-state index in [1.165, 1.54) is 89.9 Å². The number of carbonyl (C=O) groups is 2. The quantitative estimate of drug-likeness (QED) is 0.0599. The minimum absolute atomic E-state index is 0.0242. The maximum absolute atomic E-state index is 12.9. The summed E-state index contributed by atoms with van der Waals surface area (Å²) in [7, 11) is 0. The van der Waals surface area contributed by atoms with Crippen LogP contribution in [0.3, 0.4) is 0 Å². The first-order chi connectivity index (χ1) is 29.5. The molecule has 0 radical (unpaired) electrons. The van der Waals surface area contributed by atoms with E-state index in [1.807, 2.05) is 36.4 Å². The standard InChI is InChI=1S/C56H84O5/c1-7-8-16-39-60-54(58)45-24-22-43(23-25-45)44-26-29-47(30-27-44)59-38-17-14-12-10-9-11-13-15-21-53(57)61-48-34-36-55(5)46(40-48)28-31-49-51-33-32-50(42(4)20-18-19-41(2)3)56(51,6)37-35-52(49)55/h22-30,41-42,48-52H,7-21,31-40H2,1-6H3/t42-,48?,49+,50-,51+,52+,55+,56-/m1/s1. The molecule has 5 nitrogen and oxygen atoms in total. The van der Waals surface area contributed by atoms with Crippen LogP contribution in [0.1, 0.15) is 200 Å². The second-order valence-electron chi connectivity index (χ2n) is 21.0. The fraction of sp³-hybridized carbons (Fsp3) is 0.714. The molecular formula is C56H84O5. The van der Waals surface area contributed by atoms with Gasteiger partial charge in [-0.1, -0.05) is 148 Å². The van der Waals surface area contributed by atoms with Crippen molar-refractivity contribution in [1.29, 1.82) is 0 Å². The molecule has 61 heavy (non-hydrogen) atoms. The smallest absolute Gasteiger partial charge is 0.338 e. The van der Waals surface area contributed by atoms with Crippen molar-refractivity contribution < 1.29 is 23.8 Å². The topological polar surface area (TPSA) is 61.8 Å². The Balaban J connectivity index is 0.797. The molecule has 338 valence electrons. The van der Waals surface area contributed by atoms with Crippen molar-refractivity contribution in [3.63, 3.8) is 0 Å². The summed E-state index contributed by atoms with van der Waals surface area (Å²) < 4.78 is 17.6. The Hall–Kier alpha value is -3.08. The number of fused-ring (bicyclic) bond motifs is 5. The normalized spacial score (nSPS) is 27.4. The molecule has 0 aliphatic heterocycles. The molecule has 5 heteroatoms. The van der Waals surface area contributed by atoms with E-state index in [9.17, 15) is 9.59 Å². The van der Waals surface area contributed by atoms with Gasteiger partial charge in [0.25, 0.3) is 0 Å². The van der Waals surface area contributed by atoms with Crippen LogP contribution < -0.4 is 4.74 Å². The highest BCUT2D eigenvalue weighted by Crippen LogP contribution is 2.67. The largest absolute Gasteiger partial charge is 0.494 e. The lowest BCUT2D eigenvalue weighted by Crippen LogP contribution is -2.51. The summed E-state index contributed by atoms with van der Waals surface area (Å²) >= 11 is 0. The van der Waals surface area contributed by atoms with Crippen LogP contribution in [0.25, 0.3) is 11.1 Å². The Kier molecular flexibility index (Phi) is 17.9. The Morgan fingerprint density at radius 3 is 2.08 bits per heavy atom. The average molecular weight is 837 g/mol. The van der Waals surface area contributed by atoms with Crippen LogP contribution in [0.5, 0.6) is 5.75 Å². The van der Waals surface area contributed by atoms with Gasteiger partial charge in [-0.15, -0.1) is 0 Å². The van der Waals surface area contributed by atoms with Gasteiger partial charge in [-0.2, -0.15) is 0 Å². The number of hydrogen-bond donors (Lipinski definition) is 0. The van der Waals surface area contributed by atoms with Crippen LogP contribution in [0.15, 0.2) is 60.2 Å². The number of hydrogen-bond acceptors (Lipinski definition) is 5. The van der Waals surface area contributed by atoms with E-state index in [4.69, 9.17) is 14.2 Å². The Morgan fingerprint density at radius 1 is 0.705 bits per heavy atom. The zero-order chi connectivity index (χ0) is 43.2. The molecule has 0 heterocycles. The van der Waals surface area contributed by atoms with Crippen molar-refractivity contribution in [3.05, 3.63) is 65.7 Å². The predicted molar refractivity (Wildman–Crippen MR) is 252 cm³/mol. The summed E-state index contributed by atoms with van der Waals surface area (Å²) in [6.07, 6.45) is 29.9. The first kappa shape index (κ1) is 47.4. The lowest BCUT2D eigenvalue weighted by molar-refractivity contribution is -0.151. The molecule has 6 rings (SSSR count). The van der Waals surface area contributed by atoms with E-state index in [0.29, 0.717) is 29.4 Å². The van der Waals surface area contributed by atoms with Crippen LogP contribution in [-0.2, 0) is 14.3 Å². The zero-order valence-electron chi connectivity index (χ0n) is 39.5. The monoisotopic (exact) mass is 837 g/mol. The first-order valence-electron chi connectivity index (χ1n) is 25.4. The van der Waals surface area contributed by atoms with Gasteiger partial charge in [0, 0.05) is 12.8 Å². The van der Waals surface area contributed by atoms with Crippen LogP contribution in [0, 0.1) is 46.3 Å². The third-order valence-electron chi connectivity index (χ3n) is 16.4. The molecule has 0 aromatic heterocycles. The highest BCUT2D eigenvalue weighted by atomic mass is 16.5. The molecule has 0 saturated heterocycles. The first-order valence-corrected chi connectivity index (χ1v) is 25.4. The van der Waals surface area contributed by atoms with Gasteiger partial charge >= 0.3 is 11.9 Å². The molecule has 1 unspecified atom stereocenters. The van der Waals surface area contributed by atoms with Crippen LogP contribution >= 0.6 is 0 Å². The number of ether oxygens (including phenoxy) is 3. The van der Waals surface area contributed by atoms with Crippen molar-refractivity contribution in [2.45, 2.75) is 195 Å². The van der Waals surface area contributed by atoms with Gasteiger partial charge in [0.2, 0.25) is 0 Å². The molecule has 0 N–H and O–H groups in total. The highest BCUT2D eigenvalue weighted by molar-refractivity contribution is 5.90. The summed E-state index contributed by atoms with van der Waals surface area (Å²) in [5, 5.41) is 0. The molecular weight excluding hydrogens is 753 g/mol. The van der Waals surface area contributed by atoms with Crippen molar-refractivity contribution in [3.8, 4) is 16.9 Å². The Morgan fingerprint density at radius 2 is 1.38 bits per heavy atom. The lowest BCUT2D eigenvalue weighted by atomic mass is 9.47. The maximum atomic E-state index is 12.9. The molecule has 8 atom stereocenters. The molecule has 0 spiro atoms. The van der Waals surface area contributed by atoms with E-state index in [0.717, 1.165) is 110 Å². The highest BCUT2D eigenvalue weighted by Gasteiger charge is 2.59. The summed E-state index contributed by atoms with van der Waals surface area (Å²) in [6, 6.07) is 15.8. The molecule has 4 aliphatic carbocycles. The van der Waals surface area contributed by atoms with Gasteiger partial charge in [0.15, 0.2) is 0 Å². The van der Waals surface area contributed by atoms with Gasteiger partial charge in [-0.05, 0) is 146 Å². The number of unbranched alkanes of at least 4 members (excludes halogenated alkanes) is 9. The fourth-order valence-electron chi connectivity index (χ4n) is 12.8. The van der Waals surface area contributed by atoms with Gasteiger partial charge < -0.3 is 14.2 Å². The summed E-state index contributed by atoms with van der Waals surface area (Å²) in [4.78, 5) is 25.2. The number of esters is 2. The van der Waals surface area contributed by atoms with Crippen LogP contribution in [0.2, 0.25) is 0 Å². The zero-order valence-corrected chi connectivity index (χ0v) is 39.5. The minimum atomic E-state index is -0.253. The Bertz CT molecular complexity index is 1680. The van der Waals surface area contributed by atoms with Gasteiger partial charge in [-0.25, -0.2) is 4.79 Å². The van der Waals surface area contributed by atoms with Crippen molar-refractivity contribution >= 4 is 11.9 Å². The second-order valence-corrected chi connectivity index (χ2v) is 21.0. The van der Waals surface area contributed by atoms with Crippen molar-refractivity contribution in [2.75, 3.05) is 13.2 Å². The van der Waals surface area contributed by atoms with E-state index < -0.39 is 0 Å². The third kappa shape index (κ3) is 12.6. The van der Waals surface area contributed by atoms with E-state index in [-0.39, 0.29) is 18.0 Å². The third-order valence-corrected chi connectivity index (χ3v) is 16.4. The SMILES string of the molecule is CCCCCOC(=O)c1ccc(-c2ccc(OCCCCCCCCCCC(=O)OC3CC[C@@]4(C)C(=CC[C@H]5[C@@H]6CC[C@H]([C@H](C)CCCC(C)C)[C@@]6(C)CC[C@@H]54)C3)cc2)cc1. The molecule has 2 aromatic carbocycles. The molecule has 4 aliphatic rings. The number of benzene rings is 2. The number of rotatable bonds is 24. The summed E-state index contributed by atoms with van der Waals surface area (Å²) in [5.41, 5.74) is 5.21. The predicted octanol–water partition coefficient (Wildman–Crippen LogP) is 15.5. The summed E-state index contributed by atoms with van der Waals surface area (Å²) in [6.45, 7) is 16.0. The van der Waals surface area contributed by atoms with Crippen molar-refractivity contribution in [1.82, 2.24) is 0 Å². The van der Waals surface area contributed by atoms with Crippen LogP contribution in [0.4, 0.5) is 0 Å². The molecule has 3 saturated carbocycles.